The first-order chi connectivity index (χ1) is 9.38. The number of hydrogen-bond acceptors (Lipinski definition) is 4. The summed E-state index contributed by atoms with van der Waals surface area (Å²) in [5.41, 5.74) is 0.683. The van der Waals surface area contributed by atoms with Crippen LogP contribution in [0.1, 0.15) is 6.92 Å². The number of hydrogen-bond donors (Lipinski definition) is 3. The standard InChI is InChI=1S/C11H11ClN4O3S/c1-7(17)15-10-3-2-8(4-9(10)12)16-20(18,19)11-5-13-6-14-11/h2-6,16H,1H3,(H,13,14)(H,15,17). The molecule has 1 amide bonds. The van der Waals surface area contributed by atoms with Crippen LogP contribution in [0.3, 0.4) is 0 Å². The summed E-state index contributed by atoms with van der Waals surface area (Å²) < 4.78 is 26.2. The number of benzene rings is 1. The first kappa shape index (κ1) is 14.4. The number of nitrogens with zero attached hydrogens (tertiary/aromatic N) is 1. The molecule has 7 nitrogen and oxygen atoms in total. The van der Waals surface area contributed by atoms with Crippen LogP contribution in [0.15, 0.2) is 35.7 Å². The maximum Gasteiger partial charge on any atom is 0.278 e. The van der Waals surface area contributed by atoms with E-state index >= 15 is 0 Å². The minimum atomic E-state index is -3.74. The number of H-pyrrole nitrogens is 1. The number of sulfonamides is 1. The van der Waals surface area contributed by atoms with Crippen molar-refractivity contribution >= 4 is 38.9 Å². The number of halogens is 1. The largest absolute Gasteiger partial charge is 0.334 e. The lowest BCUT2D eigenvalue weighted by molar-refractivity contribution is -0.114. The number of carbonyl (C=O) groups is 1. The van der Waals surface area contributed by atoms with Crippen molar-refractivity contribution in [2.75, 3.05) is 10.0 Å². The normalized spacial score (nSPS) is 11.1. The Bertz CT molecular complexity index is 728. The van der Waals surface area contributed by atoms with Crippen molar-refractivity contribution in [3.8, 4) is 0 Å². The maximum atomic E-state index is 11.9. The van der Waals surface area contributed by atoms with E-state index in [-0.39, 0.29) is 21.6 Å². The first-order valence-corrected chi connectivity index (χ1v) is 7.33. The van der Waals surface area contributed by atoms with E-state index in [1.54, 1.807) is 0 Å². The number of carbonyl (C=O) groups excluding carboxylic acids is 1. The third-order valence-electron chi connectivity index (χ3n) is 2.29. The molecule has 9 heteroatoms. The summed E-state index contributed by atoms with van der Waals surface area (Å²) >= 11 is 5.96. The monoisotopic (exact) mass is 314 g/mol. The Morgan fingerprint density at radius 3 is 2.70 bits per heavy atom. The van der Waals surface area contributed by atoms with E-state index in [4.69, 9.17) is 11.6 Å². The number of amides is 1. The highest BCUT2D eigenvalue weighted by atomic mass is 35.5. The summed E-state index contributed by atoms with van der Waals surface area (Å²) in [6.45, 7) is 1.35. The van der Waals surface area contributed by atoms with Crippen LogP contribution in [0.5, 0.6) is 0 Å². The zero-order valence-electron chi connectivity index (χ0n) is 10.3. The Morgan fingerprint density at radius 2 is 2.15 bits per heavy atom. The Kier molecular flexibility index (Phi) is 3.96. The Morgan fingerprint density at radius 1 is 1.40 bits per heavy atom. The molecular formula is C11H11ClN4O3S. The molecule has 1 heterocycles. The zero-order chi connectivity index (χ0) is 14.8. The number of nitrogens with one attached hydrogen (secondary N) is 3. The lowest BCUT2D eigenvalue weighted by atomic mass is 10.3. The maximum absolute atomic E-state index is 11.9. The van der Waals surface area contributed by atoms with E-state index in [9.17, 15) is 13.2 Å². The number of aromatic nitrogens is 2. The second-order valence-corrected chi connectivity index (χ2v) is 5.96. The summed E-state index contributed by atoms with van der Waals surface area (Å²) in [4.78, 5) is 17.1. The van der Waals surface area contributed by atoms with E-state index in [2.05, 4.69) is 20.0 Å². The van der Waals surface area contributed by atoms with Crippen LogP contribution in [0.2, 0.25) is 5.02 Å². The zero-order valence-corrected chi connectivity index (χ0v) is 11.9. The molecule has 1 aromatic heterocycles. The van der Waals surface area contributed by atoms with Crippen LogP contribution in [-0.2, 0) is 14.8 Å². The molecule has 0 aliphatic rings. The number of anilines is 2. The topological polar surface area (TPSA) is 104 Å². The highest BCUT2D eigenvalue weighted by molar-refractivity contribution is 7.92. The van der Waals surface area contributed by atoms with Gasteiger partial charge in [0.15, 0.2) is 5.03 Å². The molecule has 3 N–H and O–H groups in total. The van der Waals surface area contributed by atoms with Crippen LogP contribution in [0, 0.1) is 0 Å². The van der Waals surface area contributed by atoms with Crippen LogP contribution in [0.4, 0.5) is 11.4 Å². The van der Waals surface area contributed by atoms with Gasteiger partial charge in [-0.15, -0.1) is 0 Å². The van der Waals surface area contributed by atoms with E-state index in [0.29, 0.717) is 5.69 Å². The first-order valence-electron chi connectivity index (χ1n) is 5.47. The summed E-state index contributed by atoms with van der Waals surface area (Å²) in [6, 6.07) is 4.40. The molecule has 0 aliphatic heterocycles. The number of aromatic amines is 1. The van der Waals surface area contributed by atoms with Crippen molar-refractivity contribution in [1.29, 1.82) is 0 Å². The number of rotatable bonds is 4. The van der Waals surface area contributed by atoms with Gasteiger partial charge in [0.25, 0.3) is 10.0 Å². The second kappa shape index (κ2) is 5.51. The molecule has 2 rings (SSSR count). The van der Waals surface area contributed by atoms with Crippen molar-refractivity contribution in [2.24, 2.45) is 0 Å². The third kappa shape index (κ3) is 3.28. The van der Waals surface area contributed by atoms with Gasteiger partial charge in [0.05, 0.1) is 28.9 Å². The van der Waals surface area contributed by atoms with Gasteiger partial charge in [0.2, 0.25) is 5.91 Å². The Hall–Kier alpha value is -2.06. The third-order valence-corrected chi connectivity index (χ3v) is 3.91. The van der Waals surface area contributed by atoms with E-state index in [1.165, 1.54) is 37.6 Å². The van der Waals surface area contributed by atoms with Gasteiger partial charge in [-0.3, -0.25) is 9.52 Å². The average molecular weight is 315 g/mol. The van der Waals surface area contributed by atoms with Gasteiger partial charge in [-0.25, -0.2) is 4.98 Å². The summed E-state index contributed by atoms with van der Waals surface area (Å²) in [7, 11) is -3.74. The van der Waals surface area contributed by atoms with Crippen molar-refractivity contribution < 1.29 is 13.2 Å². The predicted molar refractivity (Wildman–Crippen MR) is 75.2 cm³/mol. The van der Waals surface area contributed by atoms with Crippen LogP contribution in [-0.4, -0.2) is 24.3 Å². The highest BCUT2D eigenvalue weighted by Gasteiger charge is 2.16. The molecule has 1 aromatic carbocycles. The minimum Gasteiger partial charge on any atom is -0.334 e. The fourth-order valence-electron chi connectivity index (χ4n) is 1.47. The molecule has 0 saturated heterocycles. The van der Waals surface area contributed by atoms with Gasteiger partial charge >= 0.3 is 0 Å². The lowest BCUT2D eigenvalue weighted by Crippen LogP contribution is -2.13. The van der Waals surface area contributed by atoms with Crippen molar-refractivity contribution in [3.63, 3.8) is 0 Å². The summed E-state index contributed by atoms with van der Waals surface area (Å²) in [6.07, 6.45) is 2.46. The quantitative estimate of drug-likeness (QED) is 0.800. The Balaban J connectivity index is 2.23. The van der Waals surface area contributed by atoms with E-state index in [1.807, 2.05) is 0 Å². The molecule has 0 saturated carbocycles. The van der Waals surface area contributed by atoms with E-state index in [0.717, 1.165) is 0 Å². The van der Waals surface area contributed by atoms with Gasteiger partial charge in [0, 0.05) is 6.92 Å². The minimum absolute atomic E-state index is 0.0560. The average Bonchev–Trinajstić information content (AvgIpc) is 2.86. The van der Waals surface area contributed by atoms with Gasteiger partial charge in [-0.2, -0.15) is 8.42 Å². The molecule has 0 spiro atoms. The molecular weight excluding hydrogens is 304 g/mol. The van der Waals surface area contributed by atoms with Crippen molar-refractivity contribution in [2.45, 2.75) is 11.9 Å². The summed E-state index contributed by atoms with van der Waals surface area (Å²) in [5.74, 6) is -0.266. The molecule has 0 fully saturated rings. The number of imidazole rings is 1. The van der Waals surface area contributed by atoms with Crippen LogP contribution >= 0.6 is 11.6 Å². The highest BCUT2D eigenvalue weighted by Crippen LogP contribution is 2.26. The smallest absolute Gasteiger partial charge is 0.278 e. The van der Waals surface area contributed by atoms with Gasteiger partial charge < -0.3 is 10.3 Å². The molecule has 106 valence electrons. The van der Waals surface area contributed by atoms with Crippen LogP contribution < -0.4 is 10.0 Å². The SMILES string of the molecule is CC(=O)Nc1ccc(NS(=O)(=O)c2cnc[nH]2)cc1Cl. The van der Waals surface area contributed by atoms with E-state index < -0.39 is 10.0 Å². The molecule has 0 unspecified atom stereocenters. The molecule has 0 aliphatic carbocycles. The summed E-state index contributed by atoms with van der Waals surface area (Å²) in [5, 5.41) is 2.70. The van der Waals surface area contributed by atoms with Gasteiger partial charge in [-0.1, -0.05) is 11.6 Å². The Labute approximate surface area is 120 Å². The van der Waals surface area contributed by atoms with Crippen LogP contribution in [0.25, 0.3) is 0 Å². The molecule has 0 radical (unpaired) electrons. The van der Waals surface area contributed by atoms with Gasteiger partial charge in [-0.05, 0) is 18.2 Å². The molecule has 0 bridgehead atoms. The molecule has 0 atom stereocenters. The predicted octanol–water partition coefficient (Wildman–Crippen LogP) is 1.82. The van der Waals surface area contributed by atoms with Gasteiger partial charge in [0.1, 0.15) is 0 Å². The van der Waals surface area contributed by atoms with Crippen molar-refractivity contribution in [1.82, 2.24) is 9.97 Å². The molecule has 2 aromatic rings. The molecule has 20 heavy (non-hydrogen) atoms. The fourth-order valence-corrected chi connectivity index (χ4v) is 2.65. The second-order valence-electron chi connectivity index (χ2n) is 3.90. The lowest BCUT2D eigenvalue weighted by Gasteiger charge is -2.09. The fraction of sp³-hybridized carbons (Fsp3) is 0.0909. The van der Waals surface area contributed by atoms with Crippen molar-refractivity contribution in [3.05, 3.63) is 35.7 Å².